The van der Waals surface area contributed by atoms with Crippen LogP contribution >= 0.6 is 0 Å². The fourth-order valence-corrected chi connectivity index (χ4v) is 1.52. The molecular formula is C13H21N3O3. The van der Waals surface area contributed by atoms with E-state index < -0.39 is 0 Å². The second kappa shape index (κ2) is 8.31. The fourth-order valence-electron chi connectivity index (χ4n) is 1.52. The summed E-state index contributed by atoms with van der Waals surface area (Å²) in [6, 6.07) is 3.23. The van der Waals surface area contributed by atoms with Crippen LogP contribution in [0.25, 0.3) is 0 Å². The predicted molar refractivity (Wildman–Crippen MR) is 71.3 cm³/mol. The van der Waals surface area contributed by atoms with Crippen LogP contribution in [0, 0.1) is 0 Å². The largest absolute Gasteiger partial charge is 0.467 e. The minimum Gasteiger partial charge on any atom is -0.467 e. The first kappa shape index (κ1) is 15.2. The molecule has 1 unspecified atom stereocenters. The number of hydrogen-bond acceptors (Lipinski definition) is 4. The van der Waals surface area contributed by atoms with Gasteiger partial charge in [0.25, 0.3) is 0 Å². The van der Waals surface area contributed by atoms with Crippen molar-refractivity contribution in [2.45, 2.75) is 32.9 Å². The van der Waals surface area contributed by atoms with Crippen molar-refractivity contribution in [2.75, 3.05) is 13.1 Å². The first-order valence-corrected chi connectivity index (χ1v) is 6.43. The van der Waals surface area contributed by atoms with Gasteiger partial charge in [-0.3, -0.25) is 9.59 Å². The van der Waals surface area contributed by atoms with Crippen LogP contribution in [0.1, 0.15) is 26.0 Å². The van der Waals surface area contributed by atoms with Gasteiger partial charge in [-0.25, -0.2) is 0 Å². The van der Waals surface area contributed by atoms with E-state index in [9.17, 15) is 9.59 Å². The van der Waals surface area contributed by atoms with Crippen molar-refractivity contribution < 1.29 is 14.0 Å². The van der Waals surface area contributed by atoms with Crippen molar-refractivity contribution in [2.24, 2.45) is 0 Å². The van der Waals surface area contributed by atoms with Crippen LogP contribution in [0.15, 0.2) is 22.8 Å². The molecule has 0 spiro atoms. The first-order chi connectivity index (χ1) is 9.13. The van der Waals surface area contributed by atoms with Gasteiger partial charge in [0.15, 0.2) is 0 Å². The number of furan rings is 1. The molecule has 19 heavy (non-hydrogen) atoms. The topological polar surface area (TPSA) is 83.4 Å². The highest BCUT2D eigenvalue weighted by molar-refractivity contribution is 5.81. The molecular weight excluding hydrogens is 246 g/mol. The normalized spacial score (nSPS) is 11.9. The van der Waals surface area contributed by atoms with Gasteiger partial charge in [-0.15, -0.1) is 0 Å². The highest BCUT2D eigenvalue weighted by atomic mass is 16.3. The lowest BCUT2D eigenvalue weighted by Crippen LogP contribution is -2.43. The number of carbonyl (C=O) groups is 2. The van der Waals surface area contributed by atoms with E-state index in [0.29, 0.717) is 31.8 Å². The number of nitrogens with one attached hydrogen (secondary N) is 3. The molecule has 0 aliphatic rings. The van der Waals surface area contributed by atoms with Gasteiger partial charge < -0.3 is 20.4 Å². The molecule has 0 aliphatic carbocycles. The maximum absolute atomic E-state index is 11.7. The second-order valence-electron chi connectivity index (χ2n) is 4.18. The van der Waals surface area contributed by atoms with Crippen molar-refractivity contribution >= 4 is 11.8 Å². The second-order valence-corrected chi connectivity index (χ2v) is 4.18. The molecule has 0 radical (unpaired) electrons. The van der Waals surface area contributed by atoms with Crippen LogP contribution in [0.4, 0.5) is 0 Å². The third-order valence-corrected chi connectivity index (χ3v) is 2.59. The van der Waals surface area contributed by atoms with E-state index in [1.165, 1.54) is 0 Å². The van der Waals surface area contributed by atoms with Crippen molar-refractivity contribution in [3.63, 3.8) is 0 Å². The zero-order valence-corrected chi connectivity index (χ0v) is 11.4. The van der Waals surface area contributed by atoms with Gasteiger partial charge in [0.05, 0.1) is 18.8 Å². The fraction of sp³-hybridized carbons (Fsp3) is 0.538. The Morgan fingerprint density at radius 3 is 2.79 bits per heavy atom. The molecule has 0 saturated carbocycles. The van der Waals surface area contributed by atoms with Crippen LogP contribution in [0.5, 0.6) is 0 Å². The molecule has 3 N–H and O–H groups in total. The molecule has 106 valence electrons. The smallest absolute Gasteiger partial charge is 0.237 e. The Hall–Kier alpha value is -1.82. The number of rotatable bonds is 8. The number of amides is 2. The summed E-state index contributed by atoms with van der Waals surface area (Å²) in [6.45, 7) is 5.10. The Kier molecular flexibility index (Phi) is 6.67. The van der Waals surface area contributed by atoms with Crippen LogP contribution in [-0.4, -0.2) is 30.9 Å². The molecule has 1 aromatic rings. The van der Waals surface area contributed by atoms with Crippen LogP contribution in [0.2, 0.25) is 0 Å². The molecule has 1 heterocycles. The predicted octanol–water partition coefficient (Wildman–Crippen LogP) is 0.400. The first-order valence-electron chi connectivity index (χ1n) is 6.43. The highest BCUT2D eigenvalue weighted by Gasteiger charge is 2.12. The summed E-state index contributed by atoms with van der Waals surface area (Å²) < 4.78 is 5.12. The molecule has 0 aliphatic heterocycles. The molecule has 6 heteroatoms. The van der Waals surface area contributed by atoms with Gasteiger partial charge in [-0.1, -0.05) is 0 Å². The zero-order valence-electron chi connectivity index (χ0n) is 11.4. The lowest BCUT2D eigenvalue weighted by atomic mass is 10.3. The van der Waals surface area contributed by atoms with Gasteiger partial charge >= 0.3 is 0 Å². The molecule has 0 bridgehead atoms. The minimum absolute atomic E-state index is 0.0156. The summed E-state index contributed by atoms with van der Waals surface area (Å²) in [6.07, 6.45) is 1.93. The van der Waals surface area contributed by atoms with E-state index in [0.717, 1.165) is 0 Å². The zero-order chi connectivity index (χ0) is 14.1. The maximum Gasteiger partial charge on any atom is 0.237 e. The van der Waals surface area contributed by atoms with Gasteiger partial charge in [-0.05, 0) is 26.0 Å². The van der Waals surface area contributed by atoms with E-state index in [4.69, 9.17) is 4.42 Å². The van der Waals surface area contributed by atoms with E-state index in [1.807, 2.05) is 6.92 Å². The molecule has 6 nitrogen and oxygen atoms in total. The van der Waals surface area contributed by atoms with Crippen LogP contribution < -0.4 is 16.0 Å². The molecule has 2 amide bonds. The Morgan fingerprint density at radius 2 is 2.16 bits per heavy atom. The molecule has 1 aromatic heterocycles. The maximum atomic E-state index is 11.7. The standard InChI is InChI=1S/C13H21N3O3/c1-3-14-12(17)6-7-15-10(2)13(18)16-9-11-5-4-8-19-11/h4-5,8,10,15H,3,6-7,9H2,1-2H3,(H,14,17)(H,16,18). The summed E-state index contributed by atoms with van der Waals surface area (Å²) in [5.74, 6) is 0.577. The Balaban J connectivity index is 2.16. The molecule has 1 atom stereocenters. The van der Waals surface area contributed by atoms with Gasteiger partial charge in [0, 0.05) is 19.5 Å². The number of carbonyl (C=O) groups excluding carboxylic acids is 2. The third kappa shape index (κ3) is 6.05. The van der Waals surface area contributed by atoms with Gasteiger partial charge in [-0.2, -0.15) is 0 Å². The molecule has 0 fully saturated rings. The van der Waals surface area contributed by atoms with E-state index in [-0.39, 0.29) is 17.9 Å². The van der Waals surface area contributed by atoms with Gasteiger partial charge in [0.2, 0.25) is 11.8 Å². The monoisotopic (exact) mass is 267 g/mol. The average Bonchev–Trinajstić information content (AvgIpc) is 2.89. The summed E-state index contributed by atoms with van der Waals surface area (Å²) in [5.41, 5.74) is 0. The summed E-state index contributed by atoms with van der Waals surface area (Å²) in [5, 5.41) is 8.45. The van der Waals surface area contributed by atoms with Crippen molar-refractivity contribution in [1.29, 1.82) is 0 Å². The SMILES string of the molecule is CCNC(=O)CCNC(C)C(=O)NCc1ccco1. The number of hydrogen-bond donors (Lipinski definition) is 3. The lowest BCUT2D eigenvalue weighted by Gasteiger charge is -2.13. The Labute approximate surface area is 112 Å². The van der Waals surface area contributed by atoms with Crippen molar-refractivity contribution in [3.05, 3.63) is 24.2 Å². The lowest BCUT2D eigenvalue weighted by molar-refractivity contribution is -0.124. The molecule has 1 rings (SSSR count). The summed E-state index contributed by atoms with van der Waals surface area (Å²) >= 11 is 0. The summed E-state index contributed by atoms with van der Waals surface area (Å²) in [7, 11) is 0. The van der Waals surface area contributed by atoms with Crippen molar-refractivity contribution in [3.8, 4) is 0 Å². The van der Waals surface area contributed by atoms with E-state index in [2.05, 4.69) is 16.0 Å². The minimum atomic E-state index is -0.343. The Bertz CT molecular complexity index is 390. The quantitative estimate of drug-likeness (QED) is 0.636. The Morgan fingerprint density at radius 1 is 1.37 bits per heavy atom. The highest BCUT2D eigenvalue weighted by Crippen LogP contribution is 1.98. The average molecular weight is 267 g/mol. The summed E-state index contributed by atoms with van der Waals surface area (Å²) in [4.78, 5) is 22.9. The molecule has 0 saturated heterocycles. The van der Waals surface area contributed by atoms with Crippen molar-refractivity contribution in [1.82, 2.24) is 16.0 Å². The third-order valence-electron chi connectivity index (χ3n) is 2.59. The van der Waals surface area contributed by atoms with E-state index >= 15 is 0 Å². The van der Waals surface area contributed by atoms with Crippen LogP contribution in [-0.2, 0) is 16.1 Å². The van der Waals surface area contributed by atoms with E-state index in [1.54, 1.807) is 25.3 Å². The molecule has 0 aromatic carbocycles. The van der Waals surface area contributed by atoms with Gasteiger partial charge in [0.1, 0.15) is 5.76 Å². The van der Waals surface area contributed by atoms with Crippen LogP contribution in [0.3, 0.4) is 0 Å².